The summed E-state index contributed by atoms with van der Waals surface area (Å²) < 4.78 is 18.2. The molecule has 6 heteroatoms. The number of benzene rings is 1. The lowest BCUT2D eigenvalue weighted by molar-refractivity contribution is -0.143. The van der Waals surface area contributed by atoms with Gasteiger partial charge in [0.2, 0.25) is 0 Å². The average molecular weight is 330 g/mol. The SMILES string of the molecule is COc1ccc(C2CN(c3ccc(F)cn3)CC[C@H]2C(=O)O)cc1. The number of methoxy groups -OCH3 is 1. The van der Waals surface area contributed by atoms with Crippen molar-refractivity contribution in [3.05, 3.63) is 54.0 Å². The number of piperidine rings is 1. The van der Waals surface area contributed by atoms with E-state index in [9.17, 15) is 14.3 Å². The van der Waals surface area contributed by atoms with Gasteiger partial charge >= 0.3 is 5.97 Å². The lowest BCUT2D eigenvalue weighted by Gasteiger charge is -2.37. The number of ether oxygens (including phenoxy) is 1. The summed E-state index contributed by atoms with van der Waals surface area (Å²) >= 11 is 0. The van der Waals surface area contributed by atoms with Crippen molar-refractivity contribution >= 4 is 11.8 Å². The lowest BCUT2D eigenvalue weighted by atomic mass is 9.80. The first-order valence-corrected chi connectivity index (χ1v) is 7.81. The Bertz CT molecular complexity index is 703. The average Bonchev–Trinajstić information content (AvgIpc) is 2.62. The van der Waals surface area contributed by atoms with Crippen molar-refractivity contribution in [1.82, 2.24) is 4.98 Å². The summed E-state index contributed by atoms with van der Waals surface area (Å²) in [6.45, 7) is 1.12. The largest absolute Gasteiger partial charge is 0.497 e. The molecule has 126 valence electrons. The predicted octanol–water partition coefficient (Wildman–Crippen LogP) is 2.92. The number of pyridine rings is 1. The number of hydrogen-bond donors (Lipinski definition) is 1. The number of rotatable bonds is 4. The number of carboxylic acid groups (broad SMARTS) is 1. The normalized spacial score (nSPS) is 20.7. The number of carboxylic acids is 1. The van der Waals surface area contributed by atoms with E-state index in [1.165, 1.54) is 12.3 Å². The van der Waals surface area contributed by atoms with Crippen LogP contribution in [0.4, 0.5) is 10.2 Å². The predicted molar refractivity (Wildman–Crippen MR) is 87.9 cm³/mol. The molecule has 2 aromatic rings. The molecule has 0 aliphatic carbocycles. The zero-order valence-electron chi connectivity index (χ0n) is 13.4. The maximum atomic E-state index is 13.1. The number of hydrogen-bond acceptors (Lipinski definition) is 4. The first-order chi connectivity index (χ1) is 11.6. The third-order valence-corrected chi connectivity index (χ3v) is 4.51. The van der Waals surface area contributed by atoms with Crippen molar-refractivity contribution < 1.29 is 19.0 Å². The van der Waals surface area contributed by atoms with Crippen LogP contribution in [0, 0.1) is 11.7 Å². The molecule has 1 aromatic heterocycles. The Balaban J connectivity index is 1.86. The van der Waals surface area contributed by atoms with E-state index in [-0.39, 0.29) is 11.7 Å². The first-order valence-electron chi connectivity index (χ1n) is 7.81. The van der Waals surface area contributed by atoms with Gasteiger partial charge in [0.25, 0.3) is 0 Å². The van der Waals surface area contributed by atoms with Crippen molar-refractivity contribution in [3.8, 4) is 5.75 Å². The Morgan fingerprint density at radius 2 is 2.04 bits per heavy atom. The molecule has 3 rings (SSSR count). The standard InChI is InChI=1S/C18H19FN2O3/c1-24-14-5-2-12(3-6-14)16-11-21(9-8-15(16)18(22)23)17-7-4-13(19)10-20-17/h2-7,10,15-16H,8-9,11H2,1H3,(H,22,23)/t15-,16?/m1/s1. The van der Waals surface area contributed by atoms with E-state index in [4.69, 9.17) is 4.74 Å². The molecule has 0 saturated carbocycles. The summed E-state index contributed by atoms with van der Waals surface area (Å²) in [5.41, 5.74) is 0.954. The number of nitrogens with zero attached hydrogens (tertiary/aromatic N) is 2. The fraction of sp³-hybridized carbons (Fsp3) is 0.333. The maximum Gasteiger partial charge on any atom is 0.307 e. The van der Waals surface area contributed by atoms with Crippen LogP contribution < -0.4 is 9.64 Å². The van der Waals surface area contributed by atoms with Crippen molar-refractivity contribution in [1.29, 1.82) is 0 Å². The van der Waals surface area contributed by atoms with Crippen LogP contribution in [0.25, 0.3) is 0 Å². The van der Waals surface area contributed by atoms with E-state index in [0.29, 0.717) is 25.3 Å². The van der Waals surface area contributed by atoms with E-state index in [1.807, 2.05) is 29.2 Å². The smallest absolute Gasteiger partial charge is 0.307 e. The molecule has 1 aromatic carbocycles. The second-order valence-corrected chi connectivity index (χ2v) is 5.89. The van der Waals surface area contributed by atoms with Crippen LogP contribution in [-0.4, -0.2) is 36.3 Å². The Labute approximate surface area is 139 Å². The summed E-state index contributed by atoms with van der Waals surface area (Å²) in [7, 11) is 1.59. The van der Waals surface area contributed by atoms with Crippen LogP contribution in [0.3, 0.4) is 0 Å². The minimum Gasteiger partial charge on any atom is -0.497 e. The van der Waals surface area contributed by atoms with E-state index < -0.39 is 11.9 Å². The van der Waals surface area contributed by atoms with E-state index in [0.717, 1.165) is 11.3 Å². The molecule has 1 unspecified atom stereocenters. The van der Waals surface area contributed by atoms with Crippen molar-refractivity contribution in [2.75, 3.05) is 25.1 Å². The van der Waals surface area contributed by atoms with E-state index >= 15 is 0 Å². The lowest BCUT2D eigenvalue weighted by Crippen LogP contribution is -2.42. The molecule has 1 N–H and O–H groups in total. The molecule has 1 aliphatic rings. The summed E-state index contributed by atoms with van der Waals surface area (Å²) in [5, 5.41) is 9.56. The fourth-order valence-electron chi connectivity index (χ4n) is 3.20. The van der Waals surface area contributed by atoms with E-state index in [1.54, 1.807) is 13.2 Å². The highest BCUT2D eigenvalue weighted by Gasteiger charge is 2.35. The fourth-order valence-corrected chi connectivity index (χ4v) is 3.20. The number of aliphatic carboxylic acids is 1. The monoisotopic (exact) mass is 330 g/mol. The highest BCUT2D eigenvalue weighted by atomic mass is 19.1. The van der Waals surface area contributed by atoms with Crippen molar-refractivity contribution in [3.63, 3.8) is 0 Å². The topological polar surface area (TPSA) is 62.7 Å². The summed E-state index contributed by atoms with van der Waals surface area (Å²) in [6, 6.07) is 10.5. The number of carbonyl (C=O) groups is 1. The third kappa shape index (κ3) is 3.32. The van der Waals surface area contributed by atoms with Gasteiger partial charge in [0, 0.05) is 19.0 Å². The highest BCUT2D eigenvalue weighted by Crippen LogP contribution is 2.35. The molecule has 2 atom stereocenters. The molecule has 1 saturated heterocycles. The van der Waals surface area contributed by atoms with Crippen LogP contribution in [0.5, 0.6) is 5.75 Å². The first kappa shape index (κ1) is 16.2. The number of halogens is 1. The van der Waals surface area contributed by atoms with Gasteiger partial charge in [-0.25, -0.2) is 9.37 Å². The molecular weight excluding hydrogens is 311 g/mol. The zero-order chi connectivity index (χ0) is 17.1. The summed E-state index contributed by atoms with van der Waals surface area (Å²) in [6.07, 6.45) is 1.70. The van der Waals surface area contributed by atoms with Gasteiger partial charge in [-0.15, -0.1) is 0 Å². The second kappa shape index (κ2) is 6.86. The van der Waals surface area contributed by atoms with Crippen LogP contribution in [0.1, 0.15) is 17.9 Å². The van der Waals surface area contributed by atoms with Crippen molar-refractivity contribution in [2.24, 2.45) is 5.92 Å². The molecule has 0 radical (unpaired) electrons. The van der Waals surface area contributed by atoms with Gasteiger partial charge in [0.15, 0.2) is 0 Å². The Morgan fingerprint density at radius 1 is 1.29 bits per heavy atom. The molecule has 1 fully saturated rings. The number of aromatic nitrogens is 1. The van der Waals surface area contributed by atoms with Gasteiger partial charge in [0.1, 0.15) is 17.4 Å². The molecule has 24 heavy (non-hydrogen) atoms. The zero-order valence-corrected chi connectivity index (χ0v) is 13.4. The minimum absolute atomic E-state index is 0.158. The highest BCUT2D eigenvalue weighted by molar-refractivity contribution is 5.72. The second-order valence-electron chi connectivity index (χ2n) is 5.89. The summed E-state index contributed by atoms with van der Waals surface area (Å²) in [5.74, 6) is -0.380. The molecule has 5 nitrogen and oxygen atoms in total. The van der Waals surface area contributed by atoms with Crippen molar-refractivity contribution in [2.45, 2.75) is 12.3 Å². The molecule has 0 amide bonds. The van der Waals surface area contributed by atoms with Gasteiger partial charge in [-0.3, -0.25) is 4.79 Å². The minimum atomic E-state index is -0.789. The third-order valence-electron chi connectivity index (χ3n) is 4.51. The van der Waals surface area contributed by atoms with Crippen LogP contribution in [0.2, 0.25) is 0 Å². The Morgan fingerprint density at radius 3 is 2.62 bits per heavy atom. The van der Waals surface area contributed by atoms with Gasteiger partial charge in [-0.05, 0) is 36.2 Å². The van der Waals surface area contributed by atoms with Crippen LogP contribution in [-0.2, 0) is 4.79 Å². The van der Waals surface area contributed by atoms with Crippen LogP contribution >= 0.6 is 0 Å². The van der Waals surface area contributed by atoms with Gasteiger partial charge in [0.05, 0.1) is 19.2 Å². The molecule has 1 aliphatic heterocycles. The molecule has 0 bridgehead atoms. The Hall–Kier alpha value is -2.63. The number of anilines is 1. The van der Waals surface area contributed by atoms with E-state index in [2.05, 4.69) is 4.98 Å². The molecular formula is C18H19FN2O3. The maximum absolute atomic E-state index is 13.1. The van der Waals surface area contributed by atoms with Gasteiger partial charge < -0.3 is 14.7 Å². The quantitative estimate of drug-likeness (QED) is 0.934. The summed E-state index contributed by atoms with van der Waals surface area (Å²) in [4.78, 5) is 17.8. The van der Waals surface area contributed by atoms with Gasteiger partial charge in [-0.2, -0.15) is 0 Å². The molecule has 0 spiro atoms. The Kier molecular flexibility index (Phi) is 4.64. The van der Waals surface area contributed by atoms with Gasteiger partial charge in [-0.1, -0.05) is 12.1 Å². The van der Waals surface area contributed by atoms with Crippen LogP contribution in [0.15, 0.2) is 42.6 Å². The molecule has 2 heterocycles.